The number of piperidine rings is 2. The van der Waals surface area contributed by atoms with E-state index < -0.39 is 30.0 Å². The third-order valence-corrected chi connectivity index (χ3v) is 14.8. The Kier molecular flexibility index (Phi) is 10.6. The lowest BCUT2D eigenvalue weighted by Gasteiger charge is -2.41. The minimum atomic E-state index is -2.86. The van der Waals surface area contributed by atoms with Crippen LogP contribution in [0.25, 0.3) is 16.7 Å². The normalized spacial score (nSPS) is 27.8. The van der Waals surface area contributed by atoms with E-state index in [2.05, 4.69) is 36.7 Å². The number of aryl methyl sites for hydroxylation is 1. The van der Waals surface area contributed by atoms with Gasteiger partial charge in [0, 0.05) is 52.0 Å². The van der Waals surface area contributed by atoms with Gasteiger partial charge in [-0.3, -0.25) is 33.5 Å². The zero-order chi connectivity index (χ0) is 43.8. The molecule has 4 saturated heterocycles. The zero-order valence-electron chi connectivity index (χ0n) is 35.8. The van der Waals surface area contributed by atoms with Crippen molar-refractivity contribution in [2.45, 2.75) is 119 Å². The lowest BCUT2D eigenvalue weighted by molar-refractivity contribution is -0.135. The van der Waals surface area contributed by atoms with Crippen LogP contribution in [0.5, 0.6) is 0 Å². The van der Waals surface area contributed by atoms with Crippen LogP contribution in [-0.2, 0) is 26.1 Å². The molecular formula is C45H53F2N11O6. The number of para-hydroxylation sites is 1. The van der Waals surface area contributed by atoms with Crippen molar-refractivity contribution in [2.75, 3.05) is 43.0 Å². The zero-order valence-corrected chi connectivity index (χ0v) is 35.8. The molecule has 19 heteroatoms. The van der Waals surface area contributed by atoms with Gasteiger partial charge >= 0.3 is 5.69 Å². The molecule has 1 unspecified atom stereocenters. The Labute approximate surface area is 367 Å². The van der Waals surface area contributed by atoms with Gasteiger partial charge < -0.3 is 24.6 Å². The van der Waals surface area contributed by atoms with Gasteiger partial charge in [0.1, 0.15) is 17.4 Å². The number of morpholine rings is 1. The summed E-state index contributed by atoms with van der Waals surface area (Å²) in [4.78, 5) is 60.9. The minimum absolute atomic E-state index is 0.000166. The number of halogens is 2. The lowest BCUT2D eigenvalue weighted by atomic mass is 9.76. The molecular weight excluding hydrogens is 829 g/mol. The van der Waals surface area contributed by atoms with E-state index in [-0.39, 0.29) is 65.6 Å². The Morgan fingerprint density at radius 3 is 2.55 bits per heavy atom. The first-order valence-corrected chi connectivity index (χ1v) is 22.9. The highest BCUT2D eigenvalue weighted by atomic mass is 19.3. The Bertz CT molecular complexity index is 2670. The maximum Gasteiger partial charge on any atom is 0.329 e. The molecule has 5 aromatic rings. The summed E-state index contributed by atoms with van der Waals surface area (Å²) < 4.78 is 47.3. The van der Waals surface area contributed by atoms with Gasteiger partial charge in [-0.1, -0.05) is 12.1 Å². The summed E-state index contributed by atoms with van der Waals surface area (Å²) in [6.07, 6.45) is 11.1. The maximum absolute atomic E-state index is 14.3. The quantitative estimate of drug-likeness (QED) is 0.173. The number of imide groups is 1. The highest BCUT2D eigenvalue weighted by molar-refractivity contribution is 6.08. The summed E-state index contributed by atoms with van der Waals surface area (Å²) in [5.41, 5.74) is 2.51. The van der Waals surface area contributed by atoms with Crippen molar-refractivity contribution in [3.8, 4) is 0 Å². The molecule has 64 heavy (non-hydrogen) atoms. The van der Waals surface area contributed by atoms with Gasteiger partial charge in [-0.2, -0.15) is 10.2 Å². The van der Waals surface area contributed by atoms with Gasteiger partial charge in [0.05, 0.1) is 59.9 Å². The van der Waals surface area contributed by atoms with Crippen LogP contribution in [0, 0.1) is 5.92 Å². The molecule has 2 bridgehead atoms. The van der Waals surface area contributed by atoms with E-state index in [0.29, 0.717) is 24.6 Å². The van der Waals surface area contributed by atoms with Gasteiger partial charge in [-0.05, 0) is 93.7 Å². The Morgan fingerprint density at radius 1 is 1.00 bits per heavy atom. The van der Waals surface area contributed by atoms with E-state index in [4.69, 9.17) is 14.5 Å². The second-order valence-electron chi connectivity index (χ2n) is 18.8. The molecule has 338 valence electrons. The van der Waals surface area contributed by atoms with E-state index in [1.165, 1.54) is 10.7 Å². The molecule has 3 atom stereocenters. The number of aromatic nitrogens is 7. The molecule has 2 saturated carbocycles. The fourth-order valence-corrected chi connectivity index (χ4v) is 11.3. The van der Waals surface area contributed by atoms with Crippen LogP contribution in [0.2, 0.25) is 0 Å². The van der Waals surface area contributed by atoms with Gasteiger partial charge in [0.25, 0.3) is 12.3 Å². The number of hydrogen-bond acceptors (Lipinski definition) is 11. The van der Waals surface area contributed by atoms with Crippen molar-refractivity contribution in [1.29, 1.82) is 0 Å². The van der Waals surface area contributed by atoms with Gasteiger partial charge in [0.2, 0.25) is 11.8 Å². The van der Waals surface area contributed by atoms with Crippen molar-refractivity contribution in [2.24, 2.45) is 13.0 Å². The number of benzene rings is 1. The first kappa shape index (κ1) is 41.2. The van der Waals surface area contributed by atoms with Crippen molar-refractivity contribution < 1.29 is 32.6 Å². The topological polar surface area (TPSA) is 175 Å². The number of anilines is 2. The number of carbonyl (C=O) groups excluding carboxylic acids is 3. The van der Waals surface area contributed by atoms with Crippen LogP contribution >= 0.6 is 0 Å². The van der Waals surface area contributed by atoms with E-state index in [9.17, 15) is 28.0 Å². The first-order valence-electron chi connectivity index (χ1n) is 22.9. The largest absolute Gasteiger partial charge is 0.375 e. The maximum atomic E-state index is 14.3. The number of hydrogen-bond donors (Lipinski definition) is 2. The second-order valence-corrected chi connectivity index (χ2v) is 18.8. The minimum Gasteiger partial charge on any atom is -0.375 e. The number of nitrogens with zero attached hydrogens (tertiary/aromatic N) is 9. The summed E-state index contributed by atoms with van der Waals surface area (Å²) >= 11 is 0. The molecule has 1 aromatic carbocycles. The van der Waals surface area contributed by atoms with Crippen molar-refractivity contribution in [3.05, 3.63) is 70.2 Å². The van der Waals surface area contributed by atoms with Crippen molar-refractivity contribution in [1.82, 2.24) is 43.7 Å². The number of likely N-dealkylation sites (tertiary alicyclic amines) is 1. The van der Waals surface area contributed by atoms with Crippen molar-refractivity contribution in [3.63, 3.8) is 0 Å². The average Bonchev–Trinajstić information content (AvgIpc) is 4.13. The fourth-order valence-electron chi connectivity index (χ4n) is 11.3. The molecule has 2 aliphatic carbocycles. The summed E-state index contributed by atoms with van der Waals surface area (Å²) in [6.45, 7) is 4.31. The molecule has 3 amide bonds. The summed E-state index contributed by atoms with van der Waals surface area (Å²) in [7, 11) is 1.75. The van der Waals surface area contributed by atoms with Gasteiger partial charge in [-0.25, -0.2) is 23.1 Å². The average molecular weight is 882 g/mol. The molecule has 11 rings (SSSR count). The number of ether oxygens (including phenoxy) is 2. The Hall–Kier alpha value is -5.53. The standard InChI is InChI=1S/C45H53F2N11O6/c1-53-40-32(3-2-4-35(40)58(45(53)62)36-9-10-38(59)51-44(36)61)26-17-30(18-26)64-29-11-14-54(15-12-29)21-25-5-7-27(8-6-25)57-23-34(39(52-57)41(46)47)49-43(60)33-20-48-56-16-13-37(50-42(33)56)55-22-31-19-28(55)24-63-31/h2-4,13,16,20,23,25-31,36,41H,5-12,14-15,17-19,21-22,24H2,1H3,(H,49,60)(H,51,59,61)/t25?,26?,27?,28-,30?,31-,36?/m1/s1. The van der Waals surface area contributed by atoms with Crippen LogP contribution in [0.1, 0.15) is 117 Å². The summed E-state index contributed by atoms with van der Waals surface area (Å²) in [5, 5.41) is 13.7. The number of carbonyl (C=O) groups is 3. The second kappa shape index (κ2) is 16.5. The van der Waals surface area contributed by atoms with Crippen LogP contribution in [0.3, 0.4) is 0 Å². The molecule has 17 nitrogen and oxygen atoms in total. The number of amides is 3. The van der Waals surface area contributed by atoms with E-state index in [1.807, 2.05) is 18.2 Å². The molecule has 0 spiro atoms. The number of alkyl halides is 2. The highest BCUT2D eigenvalue weighted by Crippen LogP contribution is 2.43. The number of imidazole rings is 1. The third kappa shape index (κ3) is 7.47. The van der Waals surface area contributed by atoms with Crippen LogP contribution in [0.15, 0.2) is 47.7 Å². The smallest absolute Gasteiger partial charge is 0.329 e. The molecule has 6 fully saturated rings. The molecule has 6 aliphatic rings. The fraction of sp³-hybridized carbons (Fsp3) is 0.578. The summed E-state index contributed by atoms with van der Waals surface area (Å²) in [5.74, 6) is 0.186. The van der Waals surface area contributed by atoms with Crippen LogP contribution < -0.4 is 21.2 Å². The van der Waals surface area contributed by atoms with E-state index in [1.54, 1.807) is 33.3 Å². The number of rotatable bonds is 11. The van der Waals surface area contributed by atoms with E-state index in [0.717, 1.165) is 106 Å². The van der Waals surface area contributed by atoms with Crippen molar-refractivity contribution >= 4 is 45.9 Å². The Balaban J connectivity index is 0.652. The van der Waals surface area contributed by atoms with Crippen LogP contribution in [0.4, 0.5) is 20.3 Å². The third-order valence-electron chi connectivity index (χ3n) is 14.8. The molecule has 4 aliphatic heterocycles. The highest BCUT2D eigenvalue weighted by Gasteiger charge is 2.41. The predicted octanol–water partition coefficient (Wildman–Crippen LogP) is 4.88. The number of nitrogens with one attached hydrogen (secondary N) is 2. The molecule has 0 radical (unpaired) electrons. The predicted molar refractivity (Wildman–Crippen MR) is 230 cm³/mol. The van der Waals surface area contributed by atoms with Gasteiger partial charge in [0.15, 0.2) is 11.3 Å². The SMILES string of the molecule is Cn1c(=O)n(C2CCC(=O)NC2=O)c2cccc(C3CC(OC4CCN(CC5CCC(n6cc(NC(=O)c7cnn8ccc(N9C[C@H]%10C[C@@H]9CO%10)nc78)c(C(F)F)n6)CC5)CC4)C3)c21. The van der Waals surface area contributed by atoms with E-state index >= 15 is 0 Å². The monoisotopic (exact) mass is 881 g/mol. The molecule has 2 N–H and O–H groups in total. The first-order chi connectivity index (χ1) is 31.0. The molecule has 8 heterocycles. The summed E-state index contributed by atoms with van der Waals surface area (Å²) in [6, 6.07) is 7.27. The molecule has 4 aromatic heterocycles. The lowest BCUT2D eigenvalue weighted by Crippen LogP contribution is -2.44. The number of fused-ring (bicyclic) bond motifs is 4. The van der Waals surface area contributed by atoms with Gasteiger partial charge in [-0.15, -0.1) is 0 Å². The Morgan fingerprint density at radius 2 is 1.81 bits per heavy atom. The van der Waals surface area contributed by atoms with Crippen LogP contribution in [-0.4, -0.2) is 113 Å².